The van der Waals surface area contributed by atoms with E-state index in [1.165, 1.54) is 0 Å². The Balaban J connectivity index is 2.65. The molecule has 2 rings (SSSR count). The van der Waals surface area contributed by atoms with Crippen molar-refractivity contribution in [1.29, 1.82) is 0 Å². The molecule has 5 heteroatoms. The van der Waals surface area contributed by atoms with Crippen LogP contribution in [0, 0.1) is 6.92 Å². The van der Waals surface area contributed by atoms with Gasteiger partial charge in [-0.2, -0.15) is 0 Å². The predicted octanol–water partition coefficient (Wildman–Crippen LogP) is 3.47. The zero-order valence-corrected chi connectivity index (χ0v) is 12.0. The predicted molar refractivity (Wildman–Crippen MR) is 81.0 cm³/mol. The second kappa shape index (κ2) is 5.84. The van der Waals surface area contributed by atoms with Gasteiger partial charge in [-0.15, -0.1) is 0 Å². The molecule has 0 fully saturated rings. The van der Waals surface area contributed by atoms with Gasteiger partial charge in [-0.1, -0.05) is 28.4 Å². The van der Waals surface area contributed by atoms with Crippen LogP contribution in [0.5, 0.6) is 5.75 Å². The van der Waals surface area contributed by atoms with Crippen molar-refractivity contribution in [3.8, 4) is 5.75 Å². The zero-order valence-electron chi connectivity index (χ0n) is 11.2. The second-order valence-electron chi connectivity index (χ2n) is 4.39. The average molecular weight is 291 g/mol. The highest BCUT2D eigenvalue weighted by atomic mass is 35.5. The van der Waals surface area contributed by atoms with Crippen molar-refractivity contribution in [2.45, 2.75) is 6.92 Å². The summed E-state index contributed by atoms with van der Waals surface area (Å²) in [5.74, 6) is 0.599. The van der Waals surface area contributed by atoms with Gasteiger partial charge in [0, 0.05) is 16.8 Å². The van der Waals surface area contributed by atoms with E-state index in [2.05, 4.69) is 5.16 Å². The SMILES string of the molecule is COc1ccc(C)cc1/C(=N/O)c1cc(N)ccc1Cl. The third-order valence-electron chi connectivity index (χ3n) is 2.96. The number of methoxy groups -OCH3 is 1. The molecular formula is C15H15ClN2O2. The van der Waals surface area contributed by atoms with E-state index < -0.39 is 0 Å². The molecular weight excluding hydrogens is 276 g/mol. The smallest absolute Gasteiger partial charge is 0.128 e. The van der Waals surface area contributed by atoms with Crippen molar-refractivity contribution in [3.05, 3.63) is 58.1 Å². The van der Waals surface area contributed by atoms with Crippen LogP contribution in [0.25, 0.3) is 0 Å². The van der Waals surface area contributed by atoms with Crippen LogP contribution in [0.2, 0.25) is 5.02 Å². The molecule has 0 aliphatic carbocycles. The Morgan fingerprint density at radius 2 is 1.95 bits per heavy atom. The summed E-state index contributed by atoms with van der Waals surface area (Å²) in [5, 5.41) is 13.2. The lowest BCUT2D eigenvalue weighted by atomic mass is 9.99. The van der Waals surface area contributed by atoms with Crippen molar-refractivity contribution in [2.75, 3.05) is 12.8 Å². The molecule has 4 nitrogen and oxygen atoms in total. The number of nitrogen functional groups attached to an aromatic ring is 1. The lowest BCUT2D eigenvalue weighted by Crippen LogP contribution is -2.07. The third-order valence-corrected chi connectivity index (χ3v) is 3.29. The monoisotopic (exact) mass is 290 g/mol. The normalized spacial score (nSPS) is 11.4. The van der Waals surface area contributed by atoms with Crippen LogP contribution in [0.3, 0.4) is 0 Å². The van der Waals surface area contributed by atoms with Crippen molar-refractivity contribution >= 4 is 23.0 Å². The maximum Gasteiger partial charge on any atom is 0.128 e. The summed E-state index contributed by atoms with van der Waals surface area (Å²) in [6.45, 7) is 1.94. The number of benzene rings is 2. The van der Waals surface area contributed by atoms with Crippen LogP contribution < -0.4 is 10.5 Å². The summed E-state index contributed by atoms with van der Waals surface area (Å²) >= 11 is 6.17. The van der Waals surface area contributed by atoms with Crippen molar-refractivity contribution in [2.24, 2.45) is 5.16 Å². The maximum absolute atomic E-state index is 9.39. The van der Waals surface area contributed by atoms with Crippen LogP contribution >= 0.6 is 11.6 Å². The molecule has 0 atom stereocenters. The molecule has 3 N–H and O–H groups in total. The highest BCUT2D eigenvalue weighted by Crippen LogP contribution is 2.28. The van der Waals surface area contributed by atoms with Gasteiger partial charge in [0.15, 0.2) is 0 Å². The Hall–Kier alpha value is -2.20. The Bertz CT molecular complexity index is 669. The Morgan fingerprint density at radius 1 is 1.20 bits per heavy atom. The summed E-state index contributed by atoms with van der Waals surface area (Å²) in [7, 11) is 1.56. The number of nitrogens with zero attached hydrogens (tertiary/aromatic N) is 1. The summed E-state index contributed by atoms with van der Waals surface area (Å²) in [6, 6.07) is 10.6. The van der Waals surface area contributed by atoms with E-state index in [1.807, 2.05) is 25.1 Å². The van der Waals surface area contributed by atoms with Crippen LogP contribution in [0.1, 0.15) is 16.7 Å². The lowest BCUT2D eigenvalue weighted by Gasteiger charge is -2.12. The largest absolute Gasteiger partial charge is 0.496 e. The van der Waals surface area contributed by atoms with Gasteiger partial charge in [-0.25, -0.2) is 0 Å². The van der Waals surface area contributed by atoms with Crippen molar-refractivity contribution < 1.29 is 9.94 Å². The zero-order chi connectivity index (χ0) is 14.7. The van der Waals surface area contributed by atoms with Gasteiger partial charge < -0.3 is 15.7 Å². The molecule has 0 amide bonds. The topological polar surface area (TPSA) is 67.8 Å². The van der Waals surface area contributed by atoms with E-state index in [0.717, 1.165) is 5.56 Å². The Kier molecular flexibility index (Phi) is 4.15. The molecule has 0 bridgehead atoms. The lowest BCUT2D eigenvalue weighted by molar-refractivity contribution is 0.319. The number of hydrogen-bond acceptors (Lipinski definition) is 4. The van der Waals surface area contributed by atoms with Crippen LogP contribution in [0.4, 0.5) is 5.69 Å². The van der Waals surface area contributed by atoms with Gasteiger partial charge in [0.2, 0.25) is 0 Å². The number of anilines is 1. The summed E-state index contributed by atoms with van der Waals surface area (Å²) < 4.78 is 5.31. The molecule has 20 heavy (non-hydrogen) atoms. The summed E-state index contributed by atoms with van der Waals surface area (Å²) in [6.07, 6.45) is 0. The first-order valence-electron chi connectivity index (χ1n) is 5.99. The number of oxime groups is 1. The van der Waals surface area contributed by atoms with E-state index in [4.69, 9.17) is 22.1 Å². The minimum Gasteiger partial charge on any atom is -0.496 e. The van der Waals surface area contributed by atoms with Gasteiger partial charge in [0.25, 0.3) is 0 Å². The molecule has 0 aromatic heterocycles. The summed E-state index contributed by atoms with van der Waals surface area (Å²) in [4.78, 5) is 0. The van der Waals surface area contributed by atoms with Gasteiger partial charge in [-0.05, 0) is 37.3 Å². The first kappa shape index (κ1) is 14.2. The Morgan fingerprint density at radius 3 is 2.60 bits per heavy atom. The second-order valence-corrected chi connectivity index (χ2v) is 4.80. The van der Waals surface area contributed by atoms with Gasteiger partial charge in [0.05, 0.1) is 12.1 Å². The first-order chi connectivity index (χ1) is 9.56. The minimum absolute atomic E-state index is 0.322. The van der Waals surface area contributed by atoms with Crippen molar-refractivity contribution in [1.82, 2.24) is 0 Å². The van der Waals surface area contributed by atoms with Gasteiger partial charge >= 0.3 is 0 Å². The number of nitrogens with two attached hydrogens (primary N) is 1. The molecule has 2 aromatic rings. The molecule has 0 saturated carbocycles. The first-order valence-corrected chi connectivity index (χ1v) is 6.37. The number of ether oxygens (including phenoxy) is 1. The molecule has 0 heterocycles. The van der Waals surface area contributed by atoms with Crippen LogP contribution in [-0.4, -0.2) is 18.0 Å². The van der Waals surface area contributed by atoms with E-state index in [0.29, 0.717) is 33.3 Å². The highest BCUT2D eigenvalue weighted by molar-refractivity contribution is 6.35. The fourth-order valence-electron chi connectivity index (χ4n) is 1.98. The molecule has 0 saturated heterocycles. The van der Waals surface area contributed by atoms with Crippen LogP contribution in [0.15, 0.2) is 41.6 Å². The fraction of sp³-hybridized carbons (Fsp3) is 0.133. The Labute approximate surface area is 122 Å². The molecule has 104 valence electrons. The van der Waals surface area contributed by atoms with Crippen LogP contribution in [-0.2, 0) is 0 Å². The molecule has 0 aliphatic heterocycles. The molecule has 0 radical (unpaired) electrons. The molecule has 0 spiro atoms. The number of aryl methyl sites for hydroxylation is 1. The van der Waals surface area contributed by atoms with Crippen molar-refractivity contribution in [3.63, 3.8) is 0 Å². The fourth-order valence-corrected chi connectivity index (χ4v) is 2.19. The number of rotatable bonds is 3. The van der Waals surface area contributed by atoms with Gasteiger partial charge in [0.1, 0.15) is 11.5 Å². The number of hydrogen-bond donors (Lipinski definition) is 2. The van der Waals surface area contributed by atoms with E-state index in [1.54, 1.807) is 25.3 Å². The average Bonchev–Trinajstić information content (AvgIpc) is 2.44. The van der Waals surface area contributed by atoms with Gasteiger partial charge in [-0.3, -0.25) is 0 Å². The minimum atomic E-state index is 0.322. The highest BCUT2D eigenvalue weighted by Gasteiger charge is 2.16. The quantitative estimate of drug-likeness (QED) is 0.394. The van der Waals surface area contributed by atoms with E-state index in [-0.39, 0.29) is 0 Å². The third kappa shape index (κ3) is 2.70. The molecule has 0 aliphatic rings. The number of halogens is 1. The standard InChI is InChI=1S/C15H15ClN2O2/c1-9-3-6-14(20-2)12(7-9)15(18-19)11-8-10(17)4-5-13(11)16/h3-8,19H,17H2,1-2H3/b18-15+. The molecule has 2 aromatic carbocycles. The van der Waals surface area contributed by atoms with E-state index in [9.17, 15) is 5.21 Å². The molecule has 0 unspecified atom stereocenters. The van der Waals surface area contributed by atoms with E-state index >= 15 is 0 Å². The summed E-state index contributed by atoms with van der Waals surface area (Å²) in [5.41, 5.74) is 8.86. The maximum atomic E-state index is 9.39.